The van der Waals surface area contributed by atoms with Gasteiger partial charge < -0.3 is 15.3 Å². The van der Waals surface area contributed by atoms with Gasteiger partial charge in [0.1, 0.15) is 4.21 Å². The van der Waals surface area contributed by atoms with Crippen molar-refractivity contribution < 1.29 is 27.9 Å². The van der Waals surface area contributed by atoms with Crippen LogP contribution in [0.25, 0.3) is 0 Å². The molecule has 1 saturated carbocycles. The number of hydrogen-bond acceptors (Lipinski definition) is 7. The summed E-state index contributed by atoms with van der Waals surface area (Å²) < 4.78 is 28.0. The lowest BCUT2D eigenvalue weighted by molar-refractivity contribution is -0.138. The number of nitriles is 1. The van der Waals surface area contributed by atoms with E-state index in [0.717, 1.165) is 47.7 Å². The van der Waals surface area contributed by atoms with Crippen LogP contribution in [-0.4, -0.2) is 65.8 Å². The zero-order valence-electron chi connectivity index (χ0n) is 20.1. The van der Waals surface area contributed by atoms with Gasteiger partial charge in [-0.25, -0.2) is 8.42 Å². The molecule has 2 aromatic rings. The lowest BCUT2D eigenvalue weighted by Gasteiger charge is -2.33. The van der Waals surface area contributed by atoms with Gasteiger partial charge in [-0.15, -0.1) is 11.3 Å². The predicted molar refractivity (Wildman–Crippen MR) is 135 cm³/mol. The number of carbonyl (C=O) groups is 3. The van der Waals surface area contributed by atoms with Crippen molar-refractivity contribution in [3.8, 4) is 6.07 Å². The van der Waals surface area contributed by atoms with Crippen molar-refractivity contribution in [2.24, 2.45) is 5.92 Å². The molecule has 0 radical (unpaired) electrons. The largest absolute Gasteiger partial charge is 0.481 e. The number of carboxylic acid groups (broad SMARTS) is 1. The molecular weight excluding hydrogens is 516 g/mol. The molecule has 2 atom stereocenters. The number of benzene rings is 1. The molecule has 2 aliphatic rings. The van der Waals surface area contributed by atoms with Gasteiger partial charge in [0.05, 0.1) is 18.1 Å². The maximum atomic E-state index is 13.7. The van der Waals surface area contributed by atoms with Gasteiger partial charge in [-0.05, 0) is 48.4 Å². The Balaban J connectivity index is 1.68. The lowest BCUT2D eigenvalue weighted by Crippen LogP contribution is -2.56. The van der Waals surface area contributed by atoms with Gasteiger partial charge >= 0.3 is 5.97 Å². The molecule has 1 saturated heterocycles. The summed E-state index contributed by atoms with van der Waals surface area (Å²) in [5, 5.41) is 23.1. The van der Waals surface area contributed by atoms with Crippen molar-refractivity contribution in [3.63, 3.8) is 0 Å². The second kappa shape index (κ2) is 11.4. The molecule has 0 bridgehead atoms. The fraction of sp³-hybridized carbons (Fsp3) is 0.440. The molecule has 1 aromatic carbocycles. The van der Waals surface area contributed by atoms with E-state index in [2.05, 4.69) is 5.32 Å². The maximum Gasteiger partial charge on any atom is 0.305 e. The van der Waals surface area contributed by atoms with Crippen LogP contribution in [-0.2, 0) is 19.6 Å². The number of rotatable bonds is 8. The Morgan fingerprint density at radius 2 is 1.89 bits per heavy atom. The standard InChI is InChI=1S/C25H28N4O6S2/c26-16-17-6-4-9-19(14-17)25(33)28-11-12-29(37(34,35)22-10-5-13-36-22)24(28)23(32)27-20(15-21(30)31)18-7-2-1-3-8-18/h4-6,9-10,13-14,18,20,24H,1-3,7-8,11-12,15H2,(H,27,32)(H,30,31). The van der Waals surface area contributed by atoms with Crippen LogP contribution in [0.15, 0.2) is 46.0 Å². The molecule has 1 aliphatic heterocycles. The van der Waals surface area contributed by atoms with Gasteiger partial charge in [0.2, 0.25) is 0 Å². The second-order valence-corrected chi connectivity index (χ2v) is 12.3. The van der Waals surface area contributed by atoms with Crippen LogP contribution >= 0.6 is 11.3 Å². The number of thiophene rings is 1. The van der Waals surface area contributed by atoms with Crippen molar-refractivity contribution in [1.82, 2.24) is 14.5 Å². The summed E-state index contributed by atoms with van der Waals surface area (Å²) in [5.74, 6) is -2.44. The number of amides is 2. The van der Waals surface area contributed by atoms with E-state index in [0.29, 0.717) is 0 Å². The molecule has 2 heterocycles. The molecule has 2 N–H and O–H groups in total. The van der Waals surface area contributed by atoms with Crippen molar-refractivity contribution in [2.75, 3.05) is 13.1 Å². The minimum absolute atomic E-state index is 0.0364. The Kier molecular flexibility index (Phi) is 8.26. The highest BCUT2D eigenvalue weighted by Gasteiger charge is 2.47. The number of carboxylic acids is 1. The molecule has 37 heavy (non-hydrogen) atoms. The van der Waals surface area contributed by atoms with Crippen molar-refractivity contribution in [1.29, 1.82) is 5.26 Å². The molecule has 1 aliphatic carbocycles. The number of nitrogens with one attached hydrogen (secondary N) is 1. The van der Waals surface area contributed by atoms with Crippen molar-refractivity contribution in [2.45, 2.75) is 54.9 Å². The first-order valence-electron chi connectivity index (χ1n) is 12.1. The van der Waals surface area contributed by atoms with Crippen LogP contribution in [0.2, 0.25) is 0 Å². The van der Waals surface area contributed by atoms with E-state index in [1.165, 1.54) is 23.1 Å². The molecule has 2 fully saturated rings. The van der Waals surface area contributed by atoms with E-state index in [1.807, 2.05) is 6.07 Å². The molecule has 1 aromatic heterocycles. The SMILES string of the molecule is N#Cc1cccc(C(=O)N2CCN(S(=O)(=O)c3cccs3)C2C(=O)NC(CC(=O)O)C2CCCCC2)c1. The molecule has 0 spiro atoms. The summed E-state index contributed by atoms with van der Waals surface area (Å²) in [6.07, 6.45) is 2.65. The first-order chi connectivity index (χ1) is 17.7. The molecule has 4 rings (SSSR count). The third-order valence-corrected chi connectivity index (χ3v) is 10.1. The molecule has 12 heteroatoms. The van der Waals surface area contributed by atoms with Gasteiger partial charge in [-0.3, -0.25) is 14.4 Å². The number of nitrogens with zero attached hydrogens (tertiary/aromatic N) is 3. The van der Waals surface area contributed by atoms with Gasteiger partial charge in [-0.1, -0.05) is 31.4 Å². The smallest absolute Gasteiger partial charge is 0.305 e. The van der Waals surface area contributed by atoms with Crippen molar-refractivity contribution >= 4 is 39.1 Å². The number of hydrogen-bond donors (Lipinski definition) is 2. The number of aliphatic carboxylic acids is 1. The highest BCUT2D eigenvalue weighted by atomic mass is 32.2. The van der Waals surface area contributed by atoms with Gasteiger partial charge in [-0.2, -0.15) is 9.57 Å². The van der Waals surface area contributed by atoms with E-state index in [4.69, 9.17) is 0 Å². The van der Waals surface area contributed by atoms with Crippen LogP contribution in [0.4, 0.5) is 0 Å². The van der Waals surface area contributed by atoms with Gasteiger partial charge in [0.25, 0.3) is 21.8 Å². The Morgan fingerprint density at radius 3 is 2.54 bits per heavy atom. The monoisotopic (exact) mass is 544 g/mol. The fourth-order valence-electron chi connectivity index (χ4n) is 5.07. The zero-order chi connectivity index (χ0) is 26.6. The maximum absolute atomic E-state index is 13.7. The van der Waals surface area contributed by atoms with Crippen LogP contribution in [0.5, 0.6) is 0 Å². The van der Waals surface area contributed by atoms with E-state index >= 15 is 0 Å². The van der Waals surface area contributed by atoms with Crippen molar-refractivity contribution in [3.05, 3.63) is 52.9 Å². The predicted octanol–water partition coefficient (Wildman–Crippen LogP) is 2.63. The highest BCUT2D eigenvalue weighted by Crippen LogP contribution is 2.31. The topological polar surface area (TPSA) is 148 Å². The molecule has 196 valence electrons. The Morgan fingerprint density at radius 1 is 1.14 bits per heavy atom. The normalized spacial score (nSPS) is 19.8. The summed E-state index contributed by atoms with van der Waals surface area (Å²) in [6.45, 7) is -0.139. The minimum atomic E-state index is -4.11. The first-order valence-corrected chi connectivity index (χ1v) is 14.4. The molecule has 2 amide bonds. The molecule has 10 nitrogen and oxygen atoms in total. The number of sulfonamides is 1. The Bertz CT molecular complexity index is 1300. The van der Waals surface area contributed by atoms with Gasteiger partial charge in [0, 0.05) is 24.7 Å². The van der Waals surface area contributed by atoms with Crippen LogP contribution in [0.1, 0.15) is 54.4 Å². The summed E-state index contributed by atoms with van der Waals surface area (Å²) in [7, 11) is -4.11. The minimum Gasteiger partial charge on any atom is -0.481 e. The van der Waals surface area contributed by atoms with E-state index in [-0.39, 0.29) is 40.8 Å². The van der Waals surface area contributed by atoms with Crippen LogP contribution in [0.3, 0.4) is 0 Å². The third kappa shape index (κ3) is 5.84. The fourth-order valence-corrected chi connectivity index (χ4v) is 7.74. The number of carbonyl (C=O) groups excluding carboxylic acids is 2. The molecular formula is C25H28N4O6S2. The average Bonchev–Trinajstić information content (AvgIpc) is 3.60. The summed E-state index contributed by atoms with van der Waals surface area (Å²) in [5.41, 5.74) is 0.412. The summed E-state index contributed by atoms with van der Waals surface area (Å²) in [4.78, 5) is 40.0. The zero-order valence-corrected chi connectivity index (χ0v) is 21.7. The van der Waals surface area contributed by atoms with E-state index in [1.54, 1.807) is 23.6 Å². The molecule has 2 unspecified atom stereocenters. The first kappa shape index (κ1) is 26.8. The van der Waals surface area contributed by atoms with E-state index in [9.17, 15) is 33.2 Å². The summed E-state index contributed by atoms with van der Waals surface area (Å²) >= 11 is 1.01. The second-order valence-electron chi connectivity index (χ2n) is 9.22. The lowest BCUT2D eigenvalue weighted by atomic mass is 9.82. The van der Waals surface area contributed by atoms with Crippen LogP contribution in [0, 0.1) is 17.2 Å². The van der Waals surface area contributed by atoms with Gasteiger partial charge in [0.15, 0.2) is 6.17 Å². The highest BCUT2D eigenvalue weighted by molar-refractivity contribution is 7.91. The Hall–Kier alpha value is -3.27. The average molecular weight is 545 g/mol. The summed E-state index contributed by atoms with van der Waals surface area (Å²) in [6, 6.07) is 10.3. The third-order valence-electron chi connectivity index (χ3n) is 6.86. The van der Waals surface area contributed by atoms with E-state index < -0.39 is 40.0 Å². The Labute approximate surface area is 219 Å². The van der Waals surface area contributed by atoms with Crippen LogP contribution < -0.4 is 5.32 Å². The quantitative estimate of drug-likeness (QED) is 0.519.